The first-order valence-electron chi connectivity index (χ1n) is 5.24. The molecule has 0 nitrogen and oxygen atoms in total. The molecule has 0 amide bonds. The first-order chi connectivity index (χ1) is 7.22. The summed E-state index contributed by atoms with van der Waals surface area (Å²) in [6, 6.07) is 8.64. The molecule has 0 atom stereocenters. The molecule has 0 aromatic heterocycles. The minimum atomic E-state index is 0.989. The maximum Gasteiger partial charge on any atom is -0.00942 e. The van der Waals surface area contributed by atoms with Gasteiger partial charge in [0.2, 0.25) is 0 Å². The van der Waals surface area contributed by atoms with Crippen LogP contribution in [0.3, 0.4) is 0 Å². The number of allylic oxidation sites excluding steroid dienone is 5. The van der Waals surface area contributed by atoms with Crippen LogP contribution in [0.2, 0.25) is 0 Å². The Labute approximate surface area is 92.6 Å². The van der Waals surface area contributed by atoms with Gasteiger partial charge in [-0.05, 0) is 25.8 Å². The van der Waals surface area contributed by atoms with Crippen molar-refractivity contribution in [1.29, 1.82) is 0 Å². The van der Waals surface area contributed by atoms with E-state index in [0.29, 0.717) is 0 Å². The highest BCUT2D eigenvalue weighted by Crippen LogP contribution is 2.05. The molecule has 1 rings (SSSR count). The van der Waals surface area contributed by atoms with E-state index in [1.54, 1.807) is 0 Å². The predicted molar refractivity (Wildman–Crippen MR) is 68.0 cm³/mol. The van der Waals surface area contributed by atoms with Gasteiger partial charge in [0.25, 0.3) is 0 Å². The standard InChI is InChI=1S/C15H18/c1-4-6-13(2)7-5-8-15-11-9-14(3)10-12-15/h4-7,9-12H,1,8H2,2-3H3/b7-5-,13-6-. The molecule has 1 aromatic rings. The molecule has 1 aromatic carbocycles. The number of aryl methyl sites for hydroxylation is 1. The van der Waals surface area contributed by atoms with E-state index >= 15 is 0 Å². The van der Waals surface area contributed by atoms with E-state index in [1.807, 2.05) is 12.2 Å². The summed E-state index contributed by atoms with van der Waals surface area (Å²) < 4.78 is 0. The minimum absolute atomic E-state index is 0.989. The zero-order valence-electron chi connectivity index (χ0n) is 9.53. The number of benzene rings is 1. The second-order valence-corrected chi connectivity index (χ2v) is 3.74. The van der Waals surface area contributed by atoms with Gasteiger partial charge in [-0.15, -0.1) is 0 Å². The molecule has 0 unspecified atom stereocenters. The summed E-state index contributed by atoms with van der Waals surface area (Å²) in [5.41, 5.74) is 3.89. The molecule has 78 valence electrons. The second-order valence-electron chi connectivity index (χ2n) is 3.74. The molecule has 0 heterocycles. The van der Waals surface area contributed by atoms with Gasteiger partial charge in [-0.25, -0.2) is 0 Å². The van der Waals surface area contributed by atoms with E-state index in [9.17, 15) is 0 Å². The van der Waals surface area contributed by atoms with Crippen LogP contribution in [0, 0.1) is 6.92 Å². The lowest BCUT2D eigenvalue weighted by Crippen LogP contribution is -1.81. The van der Waals surface area contributed by atoms with Crippen molar-refractivity contribution >= 4 is 0 Å². The fourth-order valence-corrected chi connectivity index (χ4v) is 1.35. The van der Waals surface area contributed by atoms with Gasteiger partial charge in [0.1, 0.15) is 0 Å². The van der Waals surface area contributed by atoms with Crippen molar-refractivity contribution in [3.63, 3.8) is 0 Å². The summed E-state index contributed by atoms with van der Waals surface area (Å²) in [5, 5.41) is 0. The summed E-state index contributed by atoms with van der Waals surface area (Å²) in [5.74, 6) is 0. The molecule has 0 N–H and O–H groups in total. The zero-order chi connectivity index (χ0) is 11.1. The van der Waals surface area contributed by atoms with Crippen LogP contribution < -0.4 is 0 Å². The van der Waals surface area contributed by atoms with Gasteiger partial charge in [0.05, 0.1) is 0 Å². The van der Waals surface area contributed by atoms with Gasteiger partial charge in [-0.3, -0.25) is 0 Å². The Morgan fingerprint density at radius 2 is 1.93 bits per heavy atom. The van der Waals surface area contributed by atoms with E-state index < -0.39 is 0 Å². The Bertz CT molecular complexity index is 364. The first kappa shape index (κ1) is 11.5. The average Bonchev–Trinajstić information content (AvgIpc) is 2.21. The van der Waals surface area contributed by atoms with Crippen molar-refractivity contribution in [2.75, 3.05) is 0 Å². The summed E-state index contributed by atoms with van der Waals surface area (Å²) in [6.07, 6.45) is 9.11. The van der Waals surface area contributed by atoms with Crippen molar-refractivity contribution in [3.8, 4) is 0 Å². The van der Waals surface area contributed by atoms with E-state index in [2.05, 4.69) is 56.8 Å². The van der Waals surface area contributed by atoms with Crippen molar-refractivity contribution in [3.05, 3.63) is 71.8 Å². The van der Waals surface area contributed by atoms with Crippen LogP contribution in [-0.2, 0) is 6.42 Å². The van der Waals surface area contributed by atoms with Crippen LogP contribution >= 0.6 is 0 Å². The molecular weight excluding hydrogens is 180 g/mol. The molecule has 0 radical (unpaired) electrons. The SMILES string of the molecule is C=C/C=C(C)\C=C/Cc1ccc(C)cc1. The number of hydrogen-bond acceptors (Lipinski definition) is 0. The minimum Gasteiger partial charge on any atom is -0.0991 e. The normalized spacial score (nSPS) is 12.0. The Hall–Kier alpha value is -1.56. The van der Waals surface area contributed by atoms with Gasteiger partial charge < -0.3 is 0 Å². The van der Waals surface area contributed by atoms with Gasteiger partial charge in [-0.1, -0.05) is 66.3 Å². The summed E-state index contributed by atoms with van der Waals surface area (Å²) in [7, 11) is 0. The molecule has 0 fully saturated rings. The highest BCUT2D eigenvalue weighted by molar-refractivity contribution is 5.26. The van der Waals surface area contributed by atoms with E-state index in [1.165, 1.54) is 16.7 Å². The third-order valence-corrected chi connectivity index (χ3v) is 2.24. The van der Waals surface area contributed by atoms with Crippen molar-refractivity contribution in [1.82, 2.24) is 0 Å². The molecular formula is C15H18. The molecule has 15 heavy (non-hydrogen) atoms. The summed E-state index contributed by atoms with van der Waals surface area (Å²) >= 11 is 0. The predicted octanol–water partition coefficient (Wildman–Crippen LogP) is 4.23. The van der Waals surface area contributed by atoms with Crippen LogP contribution in [0.1, 0.15) is 18.1 Å². The Kier molecular flexibility index (Phi) is 4.62. The average molecular weight is 198 g/mol. The molecule has 0 heteroatoms. The van der Waals surface area contributed by atoms with Crippen LogP contribution in [-0.4, -0.2) is 0 Å². The highest BCUT2D eigenvalue weighted by atomic mass is 13.9. The van der Waals surface area contributed by atoms with Crippen LogP contribution in [0.15, 0.2) is 60.7 Å². The summed E-state index contributed by atoms with van der Waals surface area (Å²) in [4.78, 5) is 0. The molecule has 0 spiro atoms. The topological polar surface area (TPSA) is 0 Å². The van der Waals surface area contributed by atoms with E-state index in [4.69, 9.17) is 0 Å². The monoisotopic (exact) mass is 198 g/mol. The fourth-order valence-electron chi connectivity index (χ4n) is 1.35. The van der Waals surface area contributed by atoms with Gasteiger partial charge in [0.15, 0.2) is 0 Å². The highest BCUT2D eigenvalue weighted by Gasteiger charge is 1.88. The lowest BCUT2D eigenvalue weighted by molar-refractivity contribution is 1.25. The van der Waals surface area contributed by atoms with Crippen LogP contribution in [0.4, 0.5) is 0 Å². The number of hydrogen-bond donors (Lipinski definition) is 0. The second kappa shape index (κ2) is 6.02. The largest absolute Gasteiger partial charge is 0.0991 e. The van der Waals surface area contributed by atoms with Gasteiger partial charge in [-0.2, -0.15) is 0 Å². The van der Waals surface area contributed by atoms with Gasteiger partial charge >= 0.3 is 0 Å². The van der Waals surface area contributed by atoms with Crippen molar-refractivity contribution in [2.24, 2.45) is 0 Å². The molecule has 0 saturated carbocycles. The van der Waals surface area contributed by atoms with Crippen molar-refractivity contribution < 1.29 is 0 Å². The molecule has 0 aliphatic rings. The quantitative estimate of drug-likeness (QED) is 0.635. The Balaban J connectivity index is 2.53. The third-order valence-electron chi connectivity index (χ3n) is 2.24. The van der Waals surface area contributed by atoms with E-state index in [-0.39, 0.29) is 0 Å². The Morgan fingerprint density at radius 1 is 1.27 bits per heavy atom. The molecule has 0 aliphatic heterocycles. The third kappa shape index (κ3) is 4.46. The molecule has 0 saturated heterocycles. The summed E-state index contributed by atoms with van der Waals surface area (Å²) in [6.45, 7) is 7.85. The number of rotatable bonds is 4. The molecule has 0 aliphatic carbocycles. The lowest BCUT2D eigenvalue weighted by Gasteiger charge is -1.97. The van der Waals surface area contributed by atoms with Crippen molar-refractivity contribution in [2.45, 2.75) is 20.3 Å². The Morgan fingerprint density at radius 3 is 2.53 bits per heavy atom. The van der Waals surface area contributed by atoms with Crippen LogP contribution in [0.25, 0.3) is 0 Å². The molecule has 0 bridgehead atoms. The first-order valence-corrected chi connectivity index (χ1v) is 5.24. The van der Waals surface area contributed by atoms with E-state index in [0.717, 1.165) is 6.42 Å². The fraction of sp³-hybridized carbons (Fsp3) is 0.200. The zero-order valence-corrected chi connectivity index (χ0v) is 9.53. The maximum atomic E-state index is 3.67. The van der Waals surface area contributed by atoms with Gasteiger partial charge in [0, 0.05) is 0 Å². The maximum absolute atomic E-state index is 3.67. The van der Waals surface area contributed by atoms with Crippen LogP contribution in [0.5, 0.6) is 0 Å². The lowest BCUT2D eigenvalue weighted by atomic mass is 10.1. The smallest absolute Gasteiger partial charge is 0.00942 e.